The number of halogens is 2. The maximum Gasteiger partial charge on any atom is 0.255 e. The summed E-state index contributed by atoms with van der Waals surface area (Å²) in [7, 11) is 0. The fourth-order valence-corrected chi connectivity index (χ4v) is 3.15. The SMILES string of the molecule is NCCOc1cnc2ccc(C(=O)c3cccc(NC(=O)c4cccc(F)c4)c3F)cc2n1. The van der Waals surface area contributed by atoms with Crippen LogP contribution in [0.2, 0.25) is 0 Å². The monoisotopic (exact) mass is 448 g/mol. The molecule has 166 valence electrons. The highest BCUT2D eigenvalue weighted by atomic mass is 19.1. The van der Waals surface area contributed by atoms with Gasteiger partial charge in [0.05, 0.1) is 28.5 Å². The number of anilines is 1. The number of carbonyl (C=O) groups is 2. The number of nitrogens with zero attached hydrogens (tertiary/aromatic N) is 2. The number of fused-ring (bicyclic) bond motifs is 1. The summed E-state index contributed by atoms with van der Waals surface area (Å²) < 4.78 is 33.8. The lowest BCUT2D eigenvalue weighted by atomic mass is 10.0. The predicted molar refractivity (Wildman–Crippen MR) is 118 cm³/mol. The van der Waals surface area contributed by atoms with E-state index < -0.39 is 23.3 Å². The van der Waals surface area contributed by atoms with Gasteiger partial charge in [-0.15, -0.1) is 0 Å². The lowest BCUT2D eigenvalue weighted by Crippen LogP contribution is -2.15. The first-order valence-electron chi connectivity index (χ1n) is 9.96. The van der Waals surface area contributed by atoms with Crippen LogP contribution in [0.25, 0.3) is 11.0 Å². The van der Waals surface area contributed by atoms with Crippen LogP contribution in [0.3, 0.4) is 0 Å². The normalized spacial score (nSPS) is 10.8. The Morgan fingerprint density at radius 3 is 2.58 bits per heavy atom. The molecule has 0 saturated carbocycles. The number of hydrogen-bond donors (Lipinski definition) is 2. The van der Waals surface area contributed by atoms with Gasteiger partial charge in [0.25, 0.3) is 5.91 Å². The van der Waals surface area contributed by atoms with Gasteiger partial charge in [-0.2, -0.15) is 0 Å². The Morgan fingerprint density at radius 1 is 0.970 bits per heavy atom. The van der Waals surface area contributed by atoms with Crippen molar-refractivity contribution >= 4 is 28.4 Å². The fraction of sp³-hybridized carbons (Fsp3) is 0.0833. The van der Waals surface area contributed by atoms with Crippen molar-refractivity contribution < 1.29 is 23.1 Å². The summed E-state index contributed by atoms with van der Waals surface area (Å²) in [5.41, 5.74) is 6.10. The van der Waals surface area contributed by atoms with E-state index >= 15 is 4.39 Å². The molecule has 4 rings (SSSR count). The second-order valence-corrected chi connectivity index (χ2v) is 7.01. The Morgan fingerprint density at radius 2 is 1.79 bits per heavy atom. The molecule has 0 spiro atoms. The van der Waals surface area contributed by atoms with Crippen LogP contribution in [0.5, 0.6) is 5.88 Å². The molecule has 0 saturated heterocycles. The molecule has 0 aliphatic carbocycles. The van der Waals surface area contributed by atoms with Crippen LogP contribution < -0.4 is 15.8 Å². The van der Waals surface area contributed by atoms with Gasteiger partial charge in [0.1, 0.15) is 12.4 Å². The van der Waals surface area contributed by atoms with E-state index in [1.165, 1.54) is 54.7 Å². The van der Waals surface area contributed by atoms with Crippen molar-refractivity contribution in [1.29, 1.82) is 0 Å². The first kappa shape index (κ1) is 22.0. The Kier molecular flexibility index (Phi) is 6.32. The molecule has 1 heterocycles. The molecule has 0 fully saturated rings. The van der Waals surface area contributed by atoms with Crippen LogP contribution in [0.15, 0.2) is 66.9 Å². The van der Waals surface area contributed by atoms with Crippen molar-refractivity contribution in [3.05, 3.63) is 95.2 Å². The molecular formula is C24H18F2N4O3. The van der Waals surface area contributed by atoms with Crippen molar-refractivity contribution in [3.8, 4) is 5.88 Å². The summed E-state index contributed by atoms with van der Waals surface area (Å²) >= 11 is 0. The van der Waals surface area contributed by atoms with E-state index in [4.69, 9.17) is 10.5 Å². The van der Waals surface area contributed by atoms with Gasteiger partial charge in [0.15, 0.2) is 11.6 Å². The standard InChI is InChI=1S/C24H18F2N4O3/c25-16-4-1-3-15(11-16)24(32)30-19-6-2-5-17(22(19)26)23(31)14-7-8-18-20(12-14)29-21(13-28-18)33-10-9-27/h1-8,11-13H,9-10,27H2,(H,30,32). The predicted octanol–water partition coefficient (Wildman–Crippen LogP) is 3.73. The Bertz CT molecular complexity index is 1360. The van der Waals surface area contributed by atoms with Gasteiger partial charge >= 0.3 is 0 Å². The molecule has 0 aliphatic rings. The van der Waals surface area contributed by atoms with Gasteiger partial charge in [-0.3, -0.25) is 9.59 Å². The van der Waals surface area contributed by atoms with Gasteiger partial charge in [0, 0.05) is 17.7 Å². The first-order valence-corrected chi connectivity index (χ1v) is 9.96. The molecule has 0 unspecified atom stereocenters. The molecular weight excluding hydrogens is 430 g/mol. The quantitative estimate of drug-likeness (QED) is 0.417. The maximum absolute atomic E-state index is 15.1. The third-order valence-electron chi connectivity index (χ3n) is 4.73. The number of nitrogens with one attached hydrogen (secondary N) is 1. The summed E-state index contributed by atoms with van der Waals surface area (Å²) in [6.45, 7) is 0.571. The van der Waals surface area contributed by atoms with Crippen molar-refractivity contribution in [2.24, 2.45) is 5.73 Å². The number of carbonyl (C=O) groups excluding carboxylic acids is 2. The van der Waals surface area contributed by atoms with Crippen LogP contribution >= 0.6 is 0 Å². The van der Waals surface area contributed by atoms with E-state index in [0.29, 0.717) is 17.6 Å². The van der Waals surface area contributed by atoms with E-state index in [1.54, 1.807) is 6.07 Å². The van der Waals surface area contributed by atoms with Gasteiger partial charge < -0.3 is 15.8 Å². The minimum Gasteiger partial charge on any atom is -0.475 e. The number of ketones is 1. The number of hydrogen-bond acceptors (Lipinski definition) is 6. The highest BCUT2D eigenvalue weighted by molar-refractivity contribution is 6.11. The van der Waals surface area contributed by atoms with Crippen LogP contribution in [-0.4, -0.2) is 34.8 Å². The van der Waals surface area contributed by atoms with Crippen molar-refractivity contribution in [1.82, 2.24) is 9.97 Å². The smallest absolute Gasteiger partial charge is 0.255 e. The zero-order valence-electron chi connectivity index (χ0n) is 17.2. The number of ether oxygens (including phenoxy) is 1. The highest BCUT2D eigenvalue weighted by Gasteiger charge is 2.19. The van der Waals surface area contributed by atoms with Crippen LogP contribution in [0, 0.1) is 11.6 Å². The number of nitrogens with two attached hydrogens (primary N) is 1. The lowest BCUT2D eigenvalue weighted by Gasteiger charge is -2.10. The van der Waals surface area contributed by atoms with Crippen LogP contribution in [0.1, 0.15) is 26.3 Å². The number of aromatic nitrogens is 2. The molecule has 7 nitrogen and oxygen atoms in total. The van der Waals surface area contributed by atoms with Gasteiger partial charge in [-0.1, -0.05) is 12.1 Å². The largest absolute Gasteiger partial charge is 0.475 e. The molecule has 3 aromatic carbocycles. The molecule has 0 bridgehead atoms. The maximum atomic E-state index is 15.1. The second-order valence-electron chi connectivity index (χ2n) is 7.01. The molecule has 1 amide bonds. The zero-order chi connectivity index (χ0) is 23.4. The fourth-order valence-electron chi connectivity index (χ4n) is 3.15. The van der Waals surface area contributed by atoms with Gasteiger partial charge in [-0.25, -0.2) is 18.7 Å². The van der Waals surface area contributed by atoms with Crippen molar-refractivity contribution in [3.63, 3.8) is 0 Å². The second kappa shape index (κ2) is 9.49. The summed E-state index contributed by atoms with van der Waals surface area (Å²) in [4.78, 5) is 33.9. The van der Waals surface area contributed by atoms with Crippen LogP contribution in [-0.2, 0) is 0 Å². The molecule has 9 heteroatoms. The minimum atomic E-state index is -0.904. The summed E-state index contributed by atoms with van der Waals surface area (Å²) in [6, 6.07) is 13.6. The van der Waals surface area contributed by atoms with Crippen LogP contribution in [0.4, 0.5) is 14.5 Å². The Hall–Kier alpha value is -4.24. The highest BCUT2D eigenvalue weighted by Crippen LogP contribution is 2.23. The number of amides is 1. The third kappa shape index (κ3) is 4.83. The number of benzene rings is 3. The average molecular weight is 448 g/mol. The Balaban J connectivity index is 1.61. The molecule has 1 aromatic heterocycles. The van der Waals surface area contributed by atoms with Gasteiger partial charge in [-0.05, 0) is 48.5 Å². The minimum absolute atomic E-state index is 0.0203. The third-order valence-corrected chi connectivity index (χ3v) is 4.73. The van der Waals surface area contributed by atoms with E-state index in [9.17, 15) is 14.0 Å². The lowest BCUT2D eigenvalue weighted by molar-refractivity contribution is 0.101. The molecule has 0 atom stereocenters. The average Bonchev–Trinajstić information content (AvgIpc) is 2.83. The molecule has 4 aromatic rings. The summed E-state index contributed by atoms with van der Waals surface area (Å²) in [6.07, 6.45) is 1.45. The molecule has 3 N–H and O–H groups in total. The van der Waals surface area contributed by atoms with E-state index in [0.717, 1.165) is 6.07 Å². The zero-order valence-corrected chi connectivity index (χ0v) is 17.2. The van der Waals surface area contributed by atoms with E-state index in [-0.39, 0.29) is 34.9 Å². The topological polar surface area (TPSA) is 107 Å². The Labute approximate surface area is 187 Å². The van der Waals surface area contributed by atoms with Crippen molar-refractivity contribution in [2.45, 2.75) is 0 Å². The summed E-state index contributed by atoms with van der Waals surface area (Å²) in [5, 5.41) is 2.38. The summed E-state index contributed by atoms with van der Waals surface area (Å²) in [5.74, 6) is -2.55. The molecule has 0 aliphatic heterocycles. The molecule has 33 heavy (non-hydrogen) atoms. The van der Waals surface area contributed by atoms with Crippen molar-refractivity contribution in [2.75, 3.05) is 18.5 Å². The van der Waals surface area contributed by atoms with E-state index in [2.05, 4.69) is 15.3 Å². The molecule has 0 radical (unpaired) electrons. The van der Waals surface area contributed by atoms with E-state index in [1.807, 2.05) is 0 Å². The van der Waals surface area contributed by atoms with Gasteiger partial charge in [0.2, 0.25) is 5.88 Å². The first-order chi connectivity index (χ1) is 16.0. The number of rotatable bonds is 7.